The van der Waals surface area contributed by atoms with Gasteiger partial charge in [-0.3, -0.25) is 4.90 Å². The summed E-state index contributed by atoms with van der Waals surface area (Å²) in [6.45, 7) is 6.03. The van der Waals surface area contributed by atoms with E-state index in [0.717, 1.165) is 31.2 Å². The molecule has 0 spiro atoms. The van der Waals surface area contributed by atoms with Gasteiger partial charge < -0.3 is 10.6 Å². The standard InChI is InChI=1S/C13H18ClN3S/c1-10(13(15)18)16-6-8-17(9-7-16)12-4-2-11(14)3-5-12/h2-5,10H,6-9H2,1H3,(H2,15,18). The maximum atomic E-state index is 5.90. The van der Waals surface area contributed by atoms with Crippen molar-refractivity contribution in [2.24, 2.45) is 5.73 Å². The molecule has 1 saturated heterocycles. The molecule has 0 amide bonds. The minimum Gasteiger partial charge on any atom is -0.392 e. The van der Waals surface area contributed by atoms with Gasteiger partial charge in [-0.1, -0.05) is 23.8 Å². The highest BCUT2D eigenvalue weighted by atomic mass is 35.5. The lowest BCUT2D eigenvalue weighted by Crippen LogP contribution is -2.52. The Bertz CT molecular complexity index is 413. The van der Waals surface area contributed by atoms with Crippen molar-refractivity contribution in [2.45, 2.75) is 13.0 Å². The Morgan fingerprint density at radius 3 is 2.28 bits per heavy atom. The second-order valence-electron chi connectivity index (χ2n) is 4.58. The van der Waals surface area contributed by atoms with E-state index in [1.807, 2.05) is 12.1 Å². The summed E-state index contributed by atoms with van der Waals surface area (Å²) >= 11 is 10.9. The SMILES string of the molecule is CC(C(N)=S)N1CCN(c2ccc(Cl)cc2)CC1. The molecule has 18 heavy (non-hydrogen) atoms. The second-order valence-corrected chi connectivity index (χ2v) is 5.49. The lowest BCUT2D eigenvalue weighted by molar-refractivity contribution is 0.239. The normalized spacial score (nSPS) is 18.7. The summed E-state index contributed by atoms with van der Waals surface area (Å²) in [6, 6.07) is 8.18. The van der Waals surface area contributed by atoms with Gasteiger partial charge in [0.05, 0.1) is 11.0 Å². The number of thiocarbonyl (C=S) groups is 1. The first-order valence-electron chi connectivity index (χ1n) is 6.12. The van der Waals surface area contributed by atoms with Crippen molar-refractivity contribution in [1.82, 2.24) is 4.90 Å². The molecule has 1 unspecified atom stereocenters. The first kappa shape index (κ1) is 13.6. The van der Waals surface area contributed by atoms with E-state index in [0.29, 0.717) is 4.99 Å². The second kappa shape index (κ2) is 5.87. The van der Waals surface area contributed by atoms with Gasteiger partial charge in [-0.25, -0.2) is 0 Å². The van der Waals surface area contributed by atoms with Crippen molar-refractivity contribution in [2.75, 3.05) is 31.1 Å². The number of hydrogen-bond donors (Lipinski definition) is 1. The van der Waals surface area contributed by atoms with Crippen LogP contribution in [0.15, 0.2) is 24.3 Å². The minimum atomic E-state index is 0.187. The van der Waals surface area contributed by atoms with Gasteiger partial charge >= 0.3 is 0 Å². The molecule has 2 N–H and O–H groups in total. The Morgan fingerprint density at radius 2 is 1.78 bits per heavy atom. The van der Waals surface area contributed by atoms with Gasteiger partial charge in [-0.2, -0.15) is 0 Å². The van der Waals surface area contributed by atoms with Crippen LogP contribution in [0.25, 0.3) is 0 Å². The van der Waals surface area contributed by atoms with E-state index < -0.39 is 0 Å². The molecule has 0 saturated carbocycles. The summed E-state index contributed by atoms with van der Waals surface area (Å²) in [5.74, 6) is 0. The Kier molecular flexibility index (Phi) is 4.43. The third-order valence-corrected chi connectivity index (χ3v) is 4.06. The predicted molar refractivity (Wildman–Crippen MR) is 81.5 cm³/mol. The maximum Gasteiger partial charge on any atom is 0.0899 e. The number of nitrogens with zero attached hydrogens (tertiary/aromatic N) is 2. The molecular formula is C13H18ClN3S. The fraction of sp³-hybridized carbons (Fsp3) is 0.462. The molecule has 1 aromatic rings. The van der Waals surface area contributed by atoms with E-state index in [-0.39, 0.29) is 6.04 Å². The van der Waals surface area contributed by atoms with E-state index >= 15 is 0 Å². The number of piperazine rings is 1. The van der Waals surface area contributed by atoms with Crippen LogP contribution in [0, 0.1) is 0 Å². The first-order valence-corrected chi connectivity index (χ1v) is 6.90. The van der Waals surface area contributed by atoms with Crippen molar-refractivity contribution in [1.29, 1.82) is 0 Å². The molecule has 1 aliphatic rings. The molecule has 1 heterocycles. The summed E-state index contributed by atoms with van der Waals surface area (Å²) in [6.07, 6.45) is 0. The molecule has 3 nitrogen and oxygen atoms in total. The van der Waals surface area contributed by atoms with Gasteiger partial charge in [0, 0.05) is 36.9 Å². The van der Waals surface area contributed by atoms with Crippen LogP contribution in [0.3, 0.4) is 0 Å². The molecule has 1 atom stereocenters. The molecule has 0 aliphatic carbocycles. The van der Waals surface area contributed by atoms with Crippen molar-refractivity contribution in [3.63, 3.8) is 0 Å². The van der Waals surface area contributed by atoms with Gasteiger partial charge in [0.2, 0.25) is 0 Å². The Morgan fingerprint density at radius 1 is 1.22 bits per heavy atom. The summed E-state index contributed by atoms with van der Waals surface area (Å²) in [5, 5.41) is 0.777. The van der Waals surface area contributed by atoms with Crippen LogP contribution in [-0.4, -0.2) is 42.1 Å². The van der Waals surface area contributed by atoms with Crippen LogP contribution >= 0.6 is 23.8 Å². The average Bonchev–Trinajstić information content (AvgIpc) is 2.39. The summed E-state index contributed by atoms with van der Waals surface area (Å²) < 4.78 is 0. The summed E-state index contributed by atoms with van der Waals surface area (Å²) in [5.41, 5.74) is 6.91. The molecule has 0 radical (unpaired) electrons. The number of nitrogens with two attached hydrogens (primary N) is 1. The fourth-order valence-electron chi connectivity index (χ4n) is 2.20. The average molecular weight is 284 g/mol. The molecule has 2 rings (SSSR count). The minimum absolute atomic E-state index is 0.187. The van der Waals surface area contributed by atoms with Crippen molar-refractivity contribution < 1.29 is 0 Å². The molecular weight excluding hydrogens is 266 g/mol. The largest absolute Gasteiger partial charge is 0.392 e. The van der Waals surface area contributed by atoms with Crippen molar-refractivity contribution in [3.05, 3.63) is 29.3 Å². The number of anilines is 1. The Hall–Kier alpha value is -0.840. The monoisotopic (exact) mass is 283 g/mol. The lowest BCUT2D eigenvalue weighted by atomic mass is 10.2. The van der Waals surface area contributed by atoms with E-state index in [2.05, 4.69) is 28.9 Å². The highest BCUT2D eigenvalue weighted by Gasteiger charge is 2.22. The third kappa shape index (κ3) is 3.13. The van der Waals surface area contributed by atoms with Gasteiger partial charge in [-0.15, -0.1) is 0 Å². The smallest absolute Gasteiger partial charge is 0.0899 e. The quantitative estimate of drug-likeness (QED) is 0.862. The van der Waals surface area contributed by atoms with Gasteiger partial charge in [0.25, 0.3) is 0 Å². The summed E-state index contributed by atoms with van der Waals surface area (Å²) in [4.78, 5) is 5.27. The van der Waals surface area contributed by atoms with Crippen LogP contribution in [0.5, 0.6) is 0 Å². The zero-order chi connectivity index (χ0) is 13.1. The number of benzene rings is 1. The molecule has 1 aromatic carbocycles. The highest BCUT2D eigenvalue weighted by molar-refractivity contribution is 7.80. The van der Waals surface area contributed by atoms with Crippen molar-refractivity contribution >= 4 is 34.5 Å². The molecule has 1 fully saturated rings. The lowest BCUT2D eigenvalue weighted by Gasteiger charge is -2.38. The van der Waals surface area contributed by atoms with Crippen LogP contribution < -0.4 is 10.6 Å². The van der Waals surface area contributed by atoms with Crippen LogP contribution in [-0.2, 0) is 0 Å². The van der Waals surface area contributed by atoms with Gasteiger partial charge in [0.1, 0.15) is 0 Å². The zero-order valence-electron chi connectivity index (χ0n) is 10.5. The van der Waals surface area contributed by atoms with Crippen LogP contribution in [0.4, 0.5) is 5.69 Å². The molecule has 98 valence electrons. The van der Waals surface area contributed by atoms with Crippen LogP contribution in [0.2, 0.25) is 5.02 Å². The van der Waals surface area contributed by atoms with E-state index in [9.17, 15) is 0 Å². The molecule has 0 bridgehead atoms. The van der Waals surface area contributed by atoms with E-state index in [1.165, 1.54) is 5.69 Å². The van der Waals surface area contributed by atoms with Gasteiger partial charge in [-0.05, 0) is 31.2 Å². The highest BCUT2D eigenvalue weighted by Crippen LogP contribution is 2.19. The summed E-state index contributed by atoms with van der Waals surface area (Å²) in [7, 11) is 0. The number of halogens is 1. The van der Waals surface area contributed by atoms with E-state index in [4.69, 9.17) is 29.6 Å². The zero-order valence-corrected chi connectivity index (χ0v) is 12.0. The predicted octanol–water partition coefficient (Wildman–Crippen LogP) is 2.14. The first-order chi connectivity index (χ1) is 8.58. The molecule has 0 aromatic heterocycles. The fourth-order valence-corrected chi connectivity index (χ4v) is 2.47. The van der Waals surface area contributed by atoms with Crippen molar-refractivity contribution in [3.8, 4) is 0 Å². The molecule has 5 heteroatoms. The molecule has 1 aliphatic heterocycles. The third-order valence-electron chi connectivity index (χ3n) is 3.47. The Balaban J connectivity index is 1.94. The maximum absolute atomic E-state index is 5.90. The number of hydrogen-bond acceptors (Lipinski definition) is 3. The van der Waals surface area contributed by atoms with Gasteiger partial charge in [0.15, 0.2) is 0 Å². The van der Waals surface area contributed by atoms with E-state index in [1.54, 1.807) is 0 Å². The Labute approximate surface area is 119 Å². The number of rotatable bonds is 3. The van der Waals surface area contributed by atoms with Crippen LogP contribution in [0.1, 0.15) is 6.92 Å². The topological polar surface area (TPSA) is 32.5 Å².